The fourth-order valence-corrected chi connectivity index (χ4v) is 4.82. The monoisotopic (exact) mass is 604 g/mol. The molecule has 14 heteroatoms. The van der Waals surface area contributed by atoms with E-state index in [2.05, 4.69) is 10.6 Å². The van der Waals surface area contributed by atoms with Crippen LogP contribution < -0.4 is 11.3 Å². The zero-order chi connectivity index (χ0) is 31.1. The van der Waals surface area contributed by atoms with E-state index in [4.69, 9.17) is 34.8 Å². The van der Waals surface area contributed by atoms with Gasteiger partial charge in [-0.15, -0.1) is 0 Å². The number of fused-ring (bicyclic) bond motifs is 2. The van der Waals surface area contributed by atoms with Crippen LogP contribution in [-0.2, 0) is 32.1 Å². The fourth-order valence-electron chi connectivity index (χ4n) is 4.82. The summed E-state index contributed by atoms with van der Waals surface area (Å²) in [4.78, 5) is 39.7. The molecule has 1 fully saturated rings. The molecular weight excluding hydrogens is 573 g/mol. The van der Waals surface area contributed by atoms with Gasteiger partial charge in [-0.1, -0.05) is 18.2 Å². The number of rotatable bonds is 9. The van der Waals surface area contributed by atoms with Crippen LogP contribution in [0.4, 0.5) is 13.2 Å². The topological polar surface area (TPSA) is 148 Å². The van der Waals surface area contributed by atoms with E-state index in [9.17, 15) is 22.8 Å². The van der Waals surface area contributed by atoms with Gasteiger partial charge in [0.25, 0.3) is 5.56 Å². The standard InChI is InChI=1S/C27H30N4O5.C2HF3O2/c1-34-27(33)18-8-9-22-24(15-18)31(11-14-35-13-10-28)26(32)25(29-22)21-17-30(16-19-5-4-12-36-19)23-7-3-2-6-20(21)23;3-2(4,5)1(6)7/h2-3,6-9,15,17,19H,4-5,10-14,16,28H2,1H3;(H,6,7). The normalized spacial score (nSPS) is 15.0. The Labute approximate surface area is 243 Å². The Hall–Kier alpha value is -4.27. The highest BCUT2D eigenvalue weighted by Gasteiger charge is 2.38. The average molecular weight is 605 g/mol. The van der Waals surface area contributed by atoms with E-state index in [1.54, 1.807) is 22.8 Å². The van der Waals surface area contributed by atoms with Crippen LogP contribution in [0, 0.1) is 0 Å². The van der Waals surface area contributed by atoms with Crippen molar-refractivity contribution < 1.29 is 42.1 Å². The fraction of sp³-hybridized carbons (Fsp3) is 0.379. The van der Waals surface area contributed by atoms with E-state index in [1.165, 1.54) is 7.11 Å². The summed E-state index contributed by atoms with van der Waals surface area (Å²) in [6.07, 6.45) is -0.840. The van der Waals surface area contributed by atoms with Crippen LogP contribution in [0.3, 0.4) is 0 Å². The summed E-state index contributed by atoms with van der Waals surface area (Å²) in [5.41, 5.74) is 8.95. The first-order valence-corrected chi connectivity index (χ1v) is 13.5. The molecule has 43 heavy (non-hydrogen) atoms. The number of nitrogens with zero attached hydrogens (tertiary/aromatic N) is 3. The van der Waals surface area contributed by atoms with Crippen LogP contribution in [-0.4, -0.2) is 76.9 Å². The molecule has 0 aliphatic carbocycles. The van der Waals surface area contributed by atoms with Gasteiger partial charge in [-0.2, -0.15) is 13.2 Å². The van der Waals surface area contributed by atoms with Gasteiger partial charge in [-0.3, -0.25) is 4.79 Å². The Morgan fingerprint density at radius 1 is 1.16 bits per heavy atom. The number of ether oxygens (including phenoxy) is 3. The minimum Gasteiger partial charge on any atom is -0.475 e. The molecule has 230 valence electrons. The van der Waals surface area contributed by atoms with Crippen LogP contribution >= 0.6 is 0 Å². The lowest BCUT2D eigenvalue weighted by Gasteiger charge is -2.13. The minimum absolute atomic E-state index is 0.159. The number of carbonyl (C=O) groups is 2. The van der Waals surface area contributed by atoms with Gasteiger partial charge in [0.15, 0.2) is 0 Å². The minimum atomic E-state index is -5.08. The zero-order valence-corrected chi connectivity index (χ0v) is 23.3. The largest absolute Gasteiger partial charge is 0.490 e. The lowest BCUT2D eigenvalue weighted by molar-refractivity contribution is -0.192. The summed E-state index contributed by atoms with van der Waals surface area (Å²) < 4.78 is 51.8. The summed E-state index contributed by atoms with van der Waals surface area (Å²) in [7, 11) is 1.33. The second-order valence-electron chi connectivity index (χ2n) is 9.66. The van der Waals surface area contributed by atoms with Gasteiger partial charge in [0.1, 0.15) is 5.69 Å². The maximum absolute atomic E-state index is 13.9. The maximum Gasteiger partial charge on any atom is 0.490 e. The van der Waals surface area contributed by atoms with Crippen molar-refractivity contribution in [3.05, 3.63) is 64.6 Å². The predicted octanol–water partition coefficient (Wildman–Crippen LogP) is 3.59. The zero-order valence-electron chi connectivity index (χ0n) is 23.3. The Morgan fingerprint density at radius 3 is 2.56 bits per heavy atom. The van der Waals surface area contributed by atoms with E-state index >= 15 is 0 Å². The van der Waals surface area contributed by atoms with Gasteiger partial charge in [0.2, 0.25) is 0 Å². The number of methoxy groups -OCH3 is 1. The van der Waals surface area contributed by atoms with Crippen LogP contribution in [0.5, 0.6) is 0 Å². The van der Waals surface area contributed by atoms with Gasteiger partial charge < -0.3 is 34.2 Å². The van der Waals surface area contributed by atoms with Crippen LogP contribution in [0.15, 0.2) is 53.5 Å². The molecule has 1 saturated heterocycles. The molecule has 0 bridgehead atoms. The molecule has 0 amide bonds. The van der Waals surface area contributed by atoms with Crippen molar-refractivity contribution in [3.8, 4) is 11.3 Å². The van der Waals surface area contributed by atoms with Crippen LogP contribution in [0.2, 0.25) is 0 Å². The van der Waals surface area contributed by atoms with Crippen molar-refractivity contribution in [3.63, 3.8) is 0 Å². The number of carboxylic acid groups (broad SMARTS) is 1. The smallest absolute Gasteiger partial charge is 0.475 e. The molecule has 1 aliphatic heterocycles. The molecule has 5 rings (SSSR count). The summed E-state index contributed by atoms with van der Waals surface area (Å²) >= 11 is 0. The number of hydrogen-bond donors (Lipinski definition) is 2. The van der Waals surface area contributed by atoms with E-state index in [0.717, 1.165) is 42.5 Å². The third-order valence-corrected chi connectivity index (χ3v) is 6.80. The third kappa shape index (κ3) is 7.39. The average Bonchev–Trinajstić information content (AvgIpc) is 3.63. The first-order chi connectivity index (χ1) is 20.5. The molecule has 11 nitrogen and oxygen atoms in total. The summed E-state index contributed by atoms with van der Waals surface area (Å²) in [6.45, 7) is 2.90. The molecule has 0 radical (unpaired) electrons. The van der Waals surface area contributed by atoms with Crippen molar-refractivity contribution in [2.24, 2.45) is 5.73 Å². The number of esters is 1. The second-order valence-corrected chi connectivity index (χ2v) is 9.66. The number of benzene rings is 2. The van der Waals surface area contributed by atoms with E-state index in [-0.39, 0.29) is 11.7 Å². The van der Waals surface area contributed by atoms with Crippen LogP contribution in [0.25, 0.3) is 33.2 Å². The lowest BCUT2D eigenvalue weighted by Crippen LogP contribution is -2.26. The van der Waals surface area contributed by atoms with Crippen molar-refractivity contribution >= 4 is 33.9 Å². The number of nitrogens with two attached hydrogens (primary N) is 1. The van der Waals surface area contributed by atoms with Crippen molar-refractivity contribution in [2.45, 2.75) is 38.2 Å². The molecule has 3 N–H and O–H groups in total. The summed E-state index contributed by atoms with van der Waals surface area (Å²) in [5.74, 6) is -3.23. The molecule has 1 atom stereocenters. The number of aliphatic carboxylic acids is 1. The Bertz CT molecular complexity index is 1660. The van der Waals surface area contributed by atoms with Gasteiger partial charge in [0, 0.05) is 48.9 Å². The Balaban J connectivity index is 0.000000541. The molecule has 2 aromatic carbocycles. The molecule has 4 aromatic rings. The number of alkyl halides is 3. The molecule has 1 unspecified atom stereocenters. The number of para-hydroxylation sites is 1. The highest BCUT2D eigenvalue weighted by Crippen LogP contribution is 2.30. The SMILES string of the molecule is COC(=O)c1ccc2nc(-c3cn(CC4CCCO4)c4ccccc34)c(=O)n(CCOCCN)c2c1.O=C(O)C(F)(F)F. The maximum atomic E-state index is 13.9. The Kier molecular flexibility index (Phi) is 10.2. The quantitative estimate of drug-likeness (QED) is 0.216. The first kappa shape index (κ1) is 31.7. The molecular formula is C29H31F3N4O7. The van der Waals surface area contributed by atoms with Gasteiger partial charge in [-0.05, 0) is 37.1 Å². The first-order valence-electron chi connectivity index (χ1n) is 13.5. The summed E-state index contributed by atoms with van der Waals surface area (Å²) in [5, 5.41) is 8.08. The lowest BCUT2D eigenvalue weighted by atomic mass is 10.1. The number of aromatic nitrogens is 3. The van der Waals surface area contributed by atoms with Crippen molar-refractivity contribution in [2.75, 3.05) is 33.5 Å². The van der Waals surface area contributed by atoms with Crippen LogP contribution in [0.1, 0.15) is 23.2 Å². The number of carboxylic acids is 1. The second kappa shape index (κ2) is 13.8. The highest BCUT2D eigenvalue weighted by atomic mass is 19.4. The number of halogens is 3. The highest BCUT2D eigenvalue weighted by molar-refractivity contribution is 5.97. The number of hydrogen-bond acceptors (Lipinski definition) is 8. The van der Waals surface area contributed by atoms with Gasteiger partial charge in [-0.25, -0.2) is 14.6 Å². The van der Waals surface area contributed by atoms with Crippen molar-refractivity contribution in [1.29, 1.82) is 0 Å². The van der Waals surface area contributed by atoms with E-state index in [0.29, 0.717) is 48.6 Å². The third-order valence-electron chi connectivity index (χ3n) is 6.80. The molecule has 0 saturated carbocycles. The van der Waals surface area contributed by atoms with Gasteiger partial charge in [0.05, 0.1) is 43.0 Å². The van der Waals surface area contributed by atoms with Crippen molar-refractivity contribution in [1.82, 2.24) is 14.1 Å². The molecule has 1 aliphatic rings. The molecule has 3 heterocycles. The predicted molar refractivity (Wildman–Crippen MR) is 151 cm³/mol. The van der Waals surface area contributed by atoms with E-state index in [1.807, 2.05) is 24.4 Å². The molecule has 0 spiro atoms. The molecule has 2 aromatic heterocycles. The van der Waals surface area contributed by atoms with Gasteiger partial charge >= 0.3 is 18.1 Å². The Morgan fingerprint density at radius 2 is 1.91 bits per heavy atom. The number of carbonyl (C=O) groups excluding carboxylic acids is 1. The van der Waals surface area contributed by atoms with E-state index < -0.39 is 18.1 Å². The summed E-state index contributed by atoms with van der Waals surface area (Å²) in [6, 6.07) is 13.1.